The van der Waals surface area contributed by atoms with Gasteiger partial charge >= 0.3 is 0 Å². The summed E-state index contributed by atoms with van der Waals surface area (Å²) >= 11 is 1.35. The third-order valence-electron chi connectivity index (χ3n) is 4.48. The Morgan fingerprint density at radius 2 is 1.73 bits per heavy atom. The van der Waals surface area contributed by atoms with Crippen LogP contribution < -0.4 is 10.0 Å². The smallest absolute Gasteiger partial charge is 0.230 e. The molecule has 4 aromatic rings. The highest BCUT2D eigenvalue weighted by Crippen LogP contribution is 2.31. The third kappa shape index (κ3) is 4.67. The Balaban J connectivity index is 1.52. The SMILES string of the molecule is CS(=O)(=O)Nc1ccccc1CC(=O)Nc1nc(-c2cccc3ccccc23)cs1. The Morgan fingerprint density at radius 1 is 1.00 bits per heavy atom. The number of para-hydroxylation sites is 1. The van der Waals surface area contributed by atoms with E-state index in [9.17, 15) is 13.2 Å². The van der Waals surface area contributed by atoms with Gasteiger partial charge in [0, 0.05) is 10.9 Å². The molecular weight excluding hydrogens is 418 g/mol. The summed E-state index contributed by atoms with van der Waals surface area (Å²) in [5, 5.41) is 7.45. The molecule has 1 heterocycles. The van der Waals surface area contributed by atoms with Gasteiger partial charge in [0.1, 0.15) is 0 Å². The van der Waals surface area contributed by atoms with E-state index in [1.165, 1.54) is 11.3 Å². The van der Waals surface area contributed by atoms with Gasteiger partial charge < -0.3 is 5.32 Å². The molecule has 2 N–H and O–H groups in total. The van der Waals surface area contributed by atoms with Gasteiger partial charge in [0.05, 0.1) is 24.1 Å². The van der Waals surface area contributed by atoms with Crippen LogP contribution in [0.25, 0.3) is 22.0 Å². The number of sulfonamides is 1. The van der Waals surface area contributed by atoms with Crippen molar-refractivity contribution >= 4 is 48.9 Å². The van der Waals surface area contributed by atoms with Gasteiger partial charge in [-0.05, 0) is 22.4 Å². The molecule has 152 valence electrons. The first-order valence-corrected chi connectivity index (χ1v) is 12.0. The van der Waals surface area contributed by atoms with Crippen LogP contribution in [0, 0.1) is 0 Å². The van der Waals surface area contributed by atoms with Gasteiger partial charge in [-0.3, -0.25) is 9.52 Å². The van der Waals surface area contributed by atoms with E-state index in [4.69, 9.17) is 0 Å². The highest BCUT2D eigenvalue weighted by atomic mass is 32.2. The van der Waals surface area contributed by atoms with Crippen molar-refractivity contribution in [3.05, 3.63) is 77.7 Å². The zero-order valence-corrected chi connectivity index (χ0v) is 17.8. The lowest BCUT2D eigenvalue weighted by Gasteiger charge is -2.10. The number of anilines is 2. The van der Waals surface area contributed by atoms with E-state index in [-0.39, 0.29) is 12.3 Å². The topological polar surface area (TPSA) is 88.2 Å². The van der Waals surface area contributed by atoms with Gasteiger partial charge in [0.15, 0.2) is 5.13 Å². The normalized spacial score (nSPS) is 11.4. The number of aromatic nitrogens is 1. The van der Waals surface area contributed by atoms with E-state index < -0.39 is 10.0 Å². The molecular formula is C22H19N3O3S2. The minimum atomic E-state index is -3.43. The quantitative estimate of drug-likeness (QED) is 0.464. The second kappa shape index (κ2) is 8.25. The van der Waals surface area contributed by atoms with E-state index in [2.05, 4.69) is 27.2 Å². The molecule has 0 aliphatic carbocycles. The fraction of sp³-hybridized carbons (Fsp3) is 0.0909. The Morgan fingerprint density at radius 3 is 2.57 bits per heavy atom. The fourth-order valence-electron chi connectivity index (χ4n) is 3.21. The van der Waals surface area contributed by atoms with E-state index in [0.717, 1.165) is 28.3 Å². The van der Waals surface area contributed by atoms with Crippen LogP contribution in [-0.2, 0) is 21.2 Å². The maximum Gasteiger partial charge on any atom is 0.230 e. The van der Waals surface area contributed by atoms with Gasteiger partial charge in [-0.25, -0.2) is 13.4 Å². The van der Waals surface area contributed by atoms with Crippen LogP contribution in [0.5, 0.6) is 0 Å². The maximum absolute atomic E-state index is 12.5. The molecule has 1 aromatic heterocycles. The largest absolute Gasteiger partial charge is 0.302 e. The molecule has 0 radical (unpaired) electrons. The number of hydrogen-bond donors (Lipinski definition) is 2. The zero-order valence-electron chi connectivity index (χ0n) is 16.1. The van der Waals surface area contributed by atoms with Crippen LogP contribution >= 0.6 is 11.3 Å². The van der Waals surface area contributed by atoms with Crippen LogP contribution in [0.2, 0.25) is 0 Å². The van der Waals surface area contributed by atoms with E-state index in [0.29, 0.717) is 16.4 Å². The first kappa shape index (κ1) is 20.1. The van der Waals surface area contributed by atoms with Crippen LogP contribution in [0.1, 0.15) is 5.56 Å². The molecule has 1 amide bonds. The van der Waals surface area contributed by atoms with Crippen molar-refractivity contribution in [2.24, 2.45) is 0 Å². The number of rotatable bonds is 6. The lowest BCUT2D eigenvalue weighted by molar-refractivity contribution is -0.115. The predicted octanol–water partition coefficient (Wildman–Crippen LogP) is 4.52. The van der Waals surface area contributed by atoms with Crippen LogP contribution in [0.15, 0.2) is 72.1 Å². The first-order chi connectivity index (χ1) is 14.4. The molecule has 0 saturated heterocycles. The third-order valence-corrected chi connectivity index (χ3v) is 5.83. The van der Waals surface area contributed by atoms with Crippen molar-refractivity contribution in [2.75, 3.05) is 16.3 Å². The number of hydrogen-bond acceptors (Lipinski definition) is 5. The number of amides is 1. The number of benzene rings is 3. The molecule has 0 atom stereocenters. The van der Waals surface area contributed by atoms with Gasteiger partial charge in [-0.1, -0.05) is 60.7 Å². The molecule has 0 spiro atoms. The summed E-state index contributed by atoms with van der Waals surface area (Å²) < 4.78 is 25.5. The van der Waals surface area contributed by atoms with Crippen LogP contribution in [0.3, 0.4) is 0 Å². The summed E-state index contributed by atoms with van der Waals surface area (Å²) in [5.74, 6) is -0.267. The Labute approximate surface area is 178 Å². The van der Waals surface area contributed by atoms with Crippen molar-refractivity contribution in [3.63, 3.8) is 0 Å². The summed E-state index contributed by atoms with van der Waals surface area (Å²) in [6.45, 7) is 0. The molecule has 30 heavy (non-hydrogen) atoms. The molecule has 0 bridgehead atoms. The van der Waals surface area contributed by atoms with Crippen molar-refractivity contribution in [2.45, 2.75) is 6.42 Å². The highest BCUT2D eigenvalue weighted by Gasteiger charge is 2.13. The molecule has 3 aromatic carbocycles. The summed E-state index contributed by atoms with van der Waals surface area (Å²) in [6.07, 6.45) is 1.11. The van der Waals surface area contributed by atoms with Crippen molar-refractivity contribution < 1.29 is 13.2 Å². The summed E-state index contributed by atoms with van der Waals surface area (Å²) in [4.78, 5) is 17.1. The van der Waals surface area contributed by atoms with Gasteiger partial charge in [-0.2, -0.15) is 0 Å². The Bertz CT molecular complexity index is 1320. The average Bonchev–Trinajstić information content (AvgIpc) is 3.16. The Hall–Kier alpha value is -3.23. The molecule has 0 unspecified atom stereocenters. The monoisotopic (exact) mass is 437 g/mol. The maximum atomic E-state index is 12.5. The fourth-order valence-corrected chi connectivity index (χ4v) is 4.54. The lowest BCUT2D eigenvalue weighted by Crippen LogP contribution is -2.17. The number of nitrogens with zero attached hydrogens (tertiary/aromatic N) is 1. The molecule has 0 fully saturated rings. The van der Waals surface area contributed by atoms with E-state index in [1.807, 2.05) is 35.7 Å². The highest BCUT2D eigenvalue weighted by molar-refractivity contribution is 7.92. The van der Waals surface area contributed by atoms with Crippen LogP contribution in [-0.4, -0.2) is 25.6 Å². The number of carbonyl (C=O) groups excluding carboxylic acids is 1. The lowest BCUT2D eigenvalue weighted by atomic mass is 10.0. The number of carbonyl (C=O) groups is 1. The van der Waals surface area contributed by atoms with Crippen molar-refractivity contribution in [1.82, 2.24) is 4.98 Å². The van der Waals surface area contributed by atoms with Crippen molar-refractivity contribution in [3.8, 4) is 11.3 Å². The van der Waals surface area contributed by atoms with Crippen LogP contribution in [0.4, 0.5) is 10.8 Å². The van der Waals surface area contributed by atoms with Gasteiger partial charge in [0.2, 0.25) is 15.9 Å². The number of nitrogens with one attached hydrogen (secondary N) is 2. The zero-order chi connectivity index (χ0) is 21.1. The number of fused-ring (bicyclic) bond motifs is 1. The molecule has 8 heteroatoms. The summed E-state index contributed by atoms with van der Waals surface area (Å²) in [6, 6.07) is 21.0. The molecule has 0 aliphatic rings. The van der Waals surface area contributed by atoms with E-state index >= 15 is 0 Å². The summed E-state index contributed by atoms with van der Waals surface area (Å²) in [5.41, 5.74) is 2.79. The van der Waals surface area contributed by atoms with Crippen molar-refractivity contribution in [1.29, 1.82) is 0 Å². The van der Waals surface area contributed by atoms with Gasteiger partial charge in [-0.15, -0.1) is 11.3 Å². The average molecular weight is 438 g/mol. The minimum Gasteiger partial charge on any atom is -0.302 e. The standard InChI is InChI=1S/C22H19N3O3S2/c1-30(27,28)25-19-12-5-3-8-16(19)13-21(26)24-22-23-20(14-29-22)18-11-6-9-15-7-2-4-10-17(15)18/h2-12,14,25H,13H2,1H3,(H,23,24,26). The molecule has 0 saturated carbocycles. The number of thiazole rings is 1. The molecule has 6 nitrogen and oxygen atoms in total. The second-order valence-electron chi connectivity index (χ2n) is 6.82. The first-order valence-electron chi connectivity index (χ1n) is 9.18. The predicted molar refractivity (Wildman–Crippen MR) is 122 cm³/mol. The van der Waals surface area contributed by atoms with E-state index in [1.54, 1.807) is 24.3 Å². The Kier molecular flexibility index (Phi) is 5.52. The summed E-state index contributed by atoms with van der Waals surface area (Å²) in [7, 11) is -3.43. The second-order valence-corrected chi connectivity index (χ2v) is 9.43. The molecule has 4 rings (SSSR count). The molecule has 0 aliphatic heterocycles. The minimum absolute atomic E-state index is 0.0296. The van der Waals surface area contributed by atoms with Gasteiger partial charge in [0.25, 0.3) is 0 Å².